The smallest absolute Gasteiger partial charge is 0.319 e. The Morgan fingerprint density at radius 2 is 1.71 bits per heavy atom. The molecule has 0 bridgehead atoms. The number of amides is 3. The molecular weight excluding hydrogens is 534 g/mol. The molecule has 4 aromatic rings. The number of nitrogens with zero attached hydrogens (tertiary/aromatic N) is 1. The number of urea groups is 1. The first-order valence-corrected chi connectivity index (χ1v) is 14.2. The summed E-state index contributed by atoms with van der Waals surface area (Å²) in [6.45, 7) is 0.453. The highest BCUT2D eigenvalue weighted by Crippen LogP contribution is 2.39. The molecule has 218 valence electrons. The minimum absolute atomic E-state index is 0.0777. The summed E-state index contributed by atoms with van der Waals surface area (Å²) >= 11 is 0. The van der Waals surface area contributed by atoms with Crippen molar-refractivity contribution in [1.82, 2.24) is 15.6 Å². The SMILES string of the molecule is COc1ccc(C2(CNC(=O)[C@H](Cc3c[nH]c4ccccc34)NC(=O)Nc3ccc([N+](=O)[O-])cc3)CCCCC2)cc1. The number of aromatic amines is 1. The zero-order chi connectivity index (χ0) is 29.5. The summed E-state index contributed by atoms with van der Waals surface area (Å²) in [6, 6.07) is 20.0. The molecule has 10 nitrogen and oxygen atoms in total. The number of nitro groups is 1. The van der Waals surface area contributed by atoms with Crippen molar-refractivity contribution in [3.63, 3.8) is 0 Å². The summed E-state index contributed by atoms with van der Waals surface area (Å²) in [6.07, 6.45) is 7.38. The van der Waals surface area contributed by atoms with E-state index in [2.05, 4.69) is 33.1 Å². The van der Waals surface area contributed by atoms with E-state index in [9.17, 15) is 19.7 Å². The van der Waals surface area contributed by atoms with E-state index in [0.29, 0.717) is 12.2 Å². The van der Waals surface area contributed by atoms with Crippen LogP contribution in [-0.4, -0.2) is 41.5 Å². The number of fused-ring (bicyclic) bond motifs is 1. The van der Waals surface area contributed by atoms with Crippen molar-refractivity contribution in [1.29, 1.82) is 0 Å². The Morgan fingerprint density at radius 3 is 2.40 bits per heavy atom. The number of aromatic nitrogens is 1. The minimum Gasteiger partial charge on any atom is -0.497 e. The molecule has 1 saturated carbocycles. The summed E-state index contributed by atoms with van der Waals surface area (Å²) < 4.78 is 5.35. The number of nitro benzene ring substituents is 1. The Hall–Kier alpha value is -4.86. The first-order chi connectivity index (χ1) is 20.4. The van der Waals surface area contributed by atoms with E-state index in [-0.39, 0.29) is 23.4 Å². The summed E-state index contributed by atoms with van der Waals surface area (Å²) in [5.74, 6) is 0.508. The zero-order valence-corrected chi connectivity index (χ0v) is 23.5. The second-order valence-electron chi connectivity index (χ2n) is 10.8. The molecule has 1 aromatic heterocycles. The molecular formula is C32H35N5O5. The van der Waals surface area contributed by atoms with Gasteiger partial charge in [0.2, 0.25) is 5.91 Å². The fourth-order valence-electron chi connectivity index (χ4n) is 5.84. The third kappa shape index (κ3) is 6.54. The first-order valence-electron chi connectivity index (χ1n) is 14.2. The van der Waals surface area contributed by atoms with Crippen molar-refractivity contribution < 1.29 is 19.2 Å². The van der Waals surface area contributed by atoms with Crippen molar-refractivity contribution >= 4 is 34.2 Å². The van der Waals surface area contributed by atoms with Gasteiger partial charge in [0.15, 0.2) is 0 Å². The third-order valence-electron chi connectivity index (χ3n) is 8.17. The molecule has 0 unspecified atom stereocenters. The Morgan fingerprint density at radius 1 is 1.00 bits per heavy atom. The summed E-state index contributed by atoms with van der Waals surface area (Å²) in [5, 5.41) is 20.6. The van der Waals surface area contributed by atoms with Gasteiger partial charge in [0, 0.05) is 53.3 Å². The number of non-ortho nitro benzene ring substituents is 1. The van der Waals surface area contributed by atoms with E-state index in [0.717, 1.165) is 47.9 Å². The molecule has 0 spiro atoms. The van der Waals surface area contributed by atoms with Crippen molar-refractivity contribution in [2.45, 2.75) is 50.0 Å². The van der Waals surface area contributed by atoms with Crippen LogP contribution in [0.2, 0.25) is 0 Å². The lowest BCUT2D eigenvalue weighted by Crippen LogP contribution is -2.52. The van der Waals surface area contributed by atoms with Crippen LogP contribution in [-0.2, 0) is 16.6 Å². The summed E-state index contributed by atoms with van der Waals surface area (Å²) in [4.78, 5) is 40.5. The Bertz CT molecular complexity index is 1540. The predicted octanol–water partition coefficient (Wildman–Crippen LogP) is 5.84. The number of rotatable bonds is 10. The van der Waals surface area contributed by atoms with E-state index < -0.39 is 17.0 Å². The molecule has 0 saturated heterocycles. The quantitative estimate of drug-likeness (QED) is 0.140. The molecule has 1 aliphatic carbocycles. The van der Waals surface area contributed by atoms with E-state index in [4.69, 9.17) is 4.74 Å². The van der Waals surface area contributed by atoms with E-state index in [1.807, 2.05) is 42.6 Å². The van der Waals surface area contributed by atoms with Gasteiger partial charge < -0.3 is 25.7 Å². The number of para-hydroxylation sites is 1. The lowest BCUT2D eigenvalue weighted by molar-refractivity contribution is -0.384. The lowest BCUT2D eigenvalue weighted by atomic mass is 9.69. The van der Waals surface area contributed by atoms with Gasteiger partial charge in [-0.15, -0.1) is 0 Å². The first kappa shape index (κ1) is 28.7. The molecule has 1 atom stereocenters. The van der Waals surface area contributed by atoms with Crippen molar-refractivity contribution in [2.24, 2.45) is 0 Å². The second kappa shape index (κ2) is 12.8. The molecule has 0 aliphatic heterocycles. The van der Waals surface area contributed by atoms with Gasteiger partial charge >= 0.3 is 6.03 Å². The summed E-state index contributed by atoms with van der Waals surface area (Å²) in [7, 11) is 1.64. The lowest BCUT2D eigenvalue weighted by Gasteiger charge is -2.38. The normalized spacial score (nSPS) is 15.0. The molecule has 1 aliphatic rings. The van der Waals surface area contributed by atoms with E-state index in [1.54, 1.807) is 7.11 Å². The van der Waals surface area contributed by atoms with E-state index >= 15 is 0 Å². The maximum atomic E-state index is 13.8. The van der Waals surface area contributed by atoms with E-state index in [1.165, 1.54) is 36.2 Å². The molecule has 5 rings (SSSR count). The predicted molar refractivity (Wildman–Crippen MR) is 162 cm³/mol. The van der Waals surface area contributed by atoms with Crippen LogP contribution in [0.4, 0.5) is 16.2 Å². The second-order valence-corrected chi connectivity index (χ2v) is 10.8. The standard InChI is InChI=1S/C32H35N5O5/c1-42-26-15-9-23(10-16-26)32(17-5-2-6-18-32)21-34-30(38)29(19-22-20-33-28-8-4-3-7-27(22)28)36-31(39)35-24-11-13-25(14-12-24)37(40)41/h3-4,7-16,20,29,33H,2,5-6,17-19,21H2,1H3,(H,34,38)(H2,35,36,39)/t29-/m0/s1. The highest BCUT2D eigenvalue weighted by Gasteiger charge is 2.35. The van der Waals surface area contributed by atoms with Crippen LogP contribution < -0.4 is 20.7 Å². The van der Waals surface area contributed by atoms with Crippen LogP contribution in [0.25, 0.3) is 10.9 Å². The Labute approximate surface area is 244 Å². The number of methoxy groups -OCH3 is 1. The molecule has 42 heavy (non-hydrogen) atoms. The highest BCUT2D eigenvalue weighted by atomic mass is 16.6. The van der Waals surface area contributed by atoms with Crippen LogP contribution in [0.3, 0.4) is 0 Å². The number of H-pyrrole nitrogens is 1. The average molecular weight is 570 g/mol. The van der Waals surface area contributed by atoms with Crippen LogP contribution in [0.15, 0.2) is 79.0 Å². The van der Waals surface area contributed by atoms with Crippen LogP contribution in [0.5, 0.6) is 5.75 Å². The van der Waals surface area contributed by atoms with Crippen LogP contribution >= 0.6 is 0 Å². The Kier molecular flexibility index (Phi) is 8.71. The molecule has 4 N–H and O–H groups in total. The van der Waals surface area contributed by atoms with Gasteiger partial charge in [-0.05, 0) is 54.3 Å². The molecule has 1 heterocycles. The number of benzene rings is 3. The number of carbonyl (C=O) groups is 2. The average Bonchev–Trinajstić information content (AvgIpc) is 3.43. The molecule has 3 amide bonds. The number of ether oxygens (including phenoxy) is 1. The van der Waals surface area contributed by atoms with Gasteiger partial charge in [-0.2, -0.15) is 0 Å². The minimum atomic E-state index is -0.862. The largest absolute Gasteiger partial charge is 0.497 e. The maximum absolute atomic E-state index is 13.8. The fourth-order valence-corrected chi connectivity index (χ4v) is 5.84. The van der Waals surface area contributed by atoms with Crippen LogP contribution in [0, 0.1) is 10.1 Å². The maximum Gasteiger partial charge on any atom is 0.319 e. The van der Waals surface area contributed by atoms with Gasteiger partial charge in [0.1, 0.15) is 11.8 Å². The van der Waals surface area contributed by atoms with Crippen molar-refractivity contribution in [2.75, 3.05) is 19.0 Å². The monoisotopic (exact) mass is 569 g/mol. The number of nitrogens with one attached hydrogen (secondary N) is 4. The van der Waals surface area contributed by atoms with Crippen LogP contribution in [0.1, 0.15) is 43.2 Å². The highest BCUT2D eigenvalue weighted by molar-refractivity contribution is 5.94. The molecule has 3 aromatic carbocycles. The van der Waals surface area contributed by atoms with Gasteiger partial charge in [0.25, 0.3) is 5.69 Å². The molecule has 10 heteroatoms. The Balaban J connectivity index is 1.34. The zero-order valence-electron chi connectivity index (χ0n) is 23.5. The summed E-state index contributed by atoms with van der Waals surface area (Å²) in [5.41, 5.74) is 3.12. The number of hydrogen-bond donors (Lipinski definition) is 4. The van der Waals surface area contributed by atoms with Gasteiger partial charge in [-0.3, -0.25) is 14.9 Å². The van der Waals surface area contributed by atoms with Gasteiger partial charge in [0.05, 0.1) is 12.0 Å². The van der Waals surface area contributed by atoms with Crippen molar-refractivity contribution in [3.8, 4) is 5.75 Å². The number of anilines is 1. The molecule has 1 fully saturated rings. The molecule has 0 radical (unpaired) electrons. The topological polar surface area (TPSA) is 138 Å². The van der Waals surface area contributed by atoms with Gasteiger partial charge in [-0.25, -0.2) is 4.79 Å². The fraction of sp³-hybridized carbons (Fsp3) is 0.312. The van der Waals surface area contributed by atoms with Gasteiger partial charge in [-0.1, -0.05) is 49.6 Å². The number of carbonyl (C=O) groups excluding carboxylic acids is 2. The van der Waals surface area contributed by atoms with Crippen molar-refractivity contribution in [3.05, 3.63) is 100 Å². The number of hydrogen-bond acceptors (Lipinski definition) is 5. The third-order valence-corrected chi connectivity index (χ3v) is 8.17.